The van der Waals surface area contributed by atoms with Crippen molar-refractivity contribution in [3.63, 3.8) is 0 Å². The predicted molar refractivity (Wildman–Crippen MR) is 66.1 cm³/mol. The maximum atomic E-state index is 11.7. The van der Waals surface area contributed by atoms with Crippen molar-refractivity contribution < 1.29 is 19.5 Å². The van der Waals surface area contributed by atoms with E-state index in [9.17, 15) is 14.4 Å². The van der Waals surface area contributed by atoms with E-state index in [0.717, 1.165) is 5.56 Å². The van der Waals surface area contributed by atoms with Gasteiger partial charge in [0.2, 0.25) is 11.8 Å². The van der Waals surface area contributed by atoms with Gasteiger partial charge >= 0.3 is 5.97 Å². The predicted octanol–water partition coefficient (Wildman–Crippen LogP) is -0.623. The molecule has 0 saturated heterocycles. The number of nitrogens with one attached hydrogen (secondary N) is 1. The van der Waals surface area contributed by atoms with Crippen molar-refractivity contribution in [1.29, 1.82) is 0 Å². The summed E-state index contributed by atoms with van der Waals surface area (Å²) in [6.45, 7) is 1.80. The number of primary amides is 1. The van der Waals surface area contributed by atoms with E-state index < -0.39 is 30.2 Å². The van der Waals surface area contributed by atoms with Gasteiger partial charge in [-0.3, -0.25) is 14.6 Å². The SMILES string of the molecule is Cc1cccnc1CC(=O)N[C@@H](CC(N)=O)C(=O)O. The summed E-state index contributed by atoms with van der Waals surface area (Å²) in [7, 11) is 0. The minimum absolute atomic E-state index is 0.0464. The maximum Gasteiger partial charge on any atom is 0.326 e. The Bertz CT molecular complexity index is 502. The van der Waals surface area contributed by atoms with Crippen LogP contribution in [0.4, 0.5) is 0 Å². The second-order valence-electron chi connectivity index (χ2n) is 4.07. The number of hydrogen-bond donors (Lipinski definition) is 3. The van der Waals surface area contributed by atoms with Crippen molar-refractivity contribution in [2.24, 2.45) is 5.73 Å². The Morgan fingerprint density at radius 1 is 1.47 bits per heavy atom. The van der Waals surface area contributed by atoms with E-state index in [0.29, 0.717) is 5.69 Å². The quantitative estimate of drug-likeness (QED) is 0.632. The van der Waals surface area contributed by atoms with Gasteiger partial charge in [-0.25, -0.2) is 4.79 Å². The van der Waals surface area contributed by atoms with Crippen LogP contribution in [0.5, 0.6) is 0 Å². The first-order valence-corrected chi connectivity index (χ1v) is 5.61. The lowest BCUT2D eigenvalue weighted by molar-refractivity contribution is -0.143. The van der Waals surface area contributed by atoms with Gasteiger partial charge < -0.3 is 16.2 Å². The number of hydrogen-bond acceptors (Lipinski definition) is 4. The summed E-state index contributed by atoms with van der Waals surface area (Å²) in [5.74, 6) is -2.61. The van der Waals surface area contributed by atoms with Gasteiger partial charge in [0.1, 0.15) is 6.04 Å². The van der Waals surface area contributed by atoms with Crippen molar-refractivity contribution in [3.8, 4) is 0 Å². The zero-order valence-corrected chi connectivity index (χ0v) is 10.4. The van der Waals surface area contributed by atoms with Gasteiger partial charge in [0.25, 0.3) is 0 Å². The monoisotopic (exact) mass is 265 g/mol. The smallest absolute Gasteiger partial charge is 0.326 e. The lowest BCUT2D eigenvalue weighted by Gasteiger charge is -2.13. The topological polar surface area (TPSA) is 122 Å². The van der Waals surface area contributed by atoms with Crippen LogP contribution in [0.3, 0.4) is 0 Å². The largest absolute Gasteiger partial charge is 0.480 e. The van der Waals surface area contributed by atoms with Crippen molar-refractivity contribution in [2.45, 2.75) is 25.8 Å². The van der Waals surface area contributed by atoms with E-state index in [1.54, 1.807) is 25.3 Å². The van der Waals surface area contributed by atoms with E-state index >= 15 is 0 Å². The summed E-state index contributed by atoms with van der Waals surface area (Å²) < 4.78 is 0. The number of rotatable bonds is 6. The Balaban J connectivity index is 2.65. The highest BCUT2D eigenvalue weighted by molar-refractivity contribution is 5.88. The van der Waals surface area contributed by atoms with Crippen molar-refractivity contribution >= 4 is 17.8 Å². The Kier molecular flexibility index (Phi) is 4.99. The zero-order valence-electron chi connectivity index (χ0n) is 10.4. The summed E-state index contributed by atoms with van der Waals surface area (Å²) in [6.07, 6.45) is 1.06. The van der Waals surface area contributed by atoms with E-state index in [1.165, 1.54) is 0 Å². The summed E-state index contributed by atoms with van der Waals surface area (Å²) in [6, 6.07) is 2.23. The molecule has 102 valence electrons. The van der Waals surface area contributed by atoms with Crippen LogP contribution in [0.1, 0.15) is 17.7 Å². The van der Waals surface area contributed by atoms with Crippen LogP contribution in [0.25, 0.3) is 0 Å². The van der Waals surface area contributed by atoms with Crippen molar-refractivity contribution in [3.05, 3.63) is 29.6 Å². The molecule has 1 aromatic rings. The second-order valence-corrected chi connectivity index (χ2v) is 4.07. The molecule has 2 amide bonds. The summed E-state index contributed by atoms with van der Waals surface area (Å²) in [5, 5.41) is 11.1. The van der Waals surface area contributed by atoms with Crippen molar-refractivity contribution in [1.82, 2.24) is 10.3 Å². The number of aromatic nitrogens is 1. The third kappa shape index (κ3) is 4.74. The summed E-state index contributed by atoms with van der Waals surface area (Å²) >= 11 is 0. The zero-order chi connectivity index (χ0) is 14.4. The van der Waals surface area contributed by atoms with Crippen LogP contribution in [0, 0.1) is 6.92 Å². The first-order valence-electron chi connectivity index (χ1n) is 5.61. The molecular formula is C12H15N3O4. The Labute approximate surface area is 109 Å². The number of pyridine rings is 1. The highest BCUT2D eigenvalue weighted by atomic mass is 16.4. The van der Waals surface area contributed by atoms with Gasteiger partial charge in [-0.1, -0.05) is 6.07 Å². The molecule has 0 unspecified atom stereocenters. The fourth-order valence-corrected chi connectivity index (χ4v) is 1.50. The Hall–Kier alpha value is -2.44. The number of carbonyl (C=O) groups is 3. The average Bonchev–Trinajstić information content (AvgIpc) is 2.30. The maximum absolute atomic E-state index is 11.7. The first-order chi connectivity index (χ1) is 8.90. The molecule has 0 aliphatic heterocycles. The molecule has 0 aliphatic rings. The van der Waals surface area contributed by atoms with Gasteiger partial charge in [0.15, 0.2) is 0 Å². The number of carboxylic acids is 1. The third-order valence-electron chi connectivity index (χ3n) is 2.48. The molecule has 4 N–H and O–H groups in total. The molecule has 0 fully saturated rings. The number of carbonyl (C=O) groups excluding carboxylic acids is 2. The minimum atomic E-state index is -1.31. The van der Waals surface area contributed by atoms with Gasteiger partial charge in [-0.2, -0.15) is 0 Å². The Morgan fingerprint density at radius 3 is 2.68 bits per heavy atom. The number of nitrogens with two attached hydrogens (primary N) is 1. The normalized spacial score (nSPS) is 11.6. The standard InChI is InChI=1S/C12H15N3O4/c1-7-3-2-4-14-8(7)6-11(17)15-9(12(18)19)5-10(13)16/h2-4,9H,5-6H2,1H3,(H2,13,16)(H,15,17)(H,18,19)/t9-/m0/s1. The van der Waals surface area contributed by atoms with Crippen LogP contribution in [-0.2, 0) is 20.8 Å². The fraction of sp³-hybridized carbons (Fsp3) is 0.333. The number of carboxylic acid groups (broad SMARTS) is 1. The van der Waals surface area contributed by atoms with Crippen LogP contribution >= 0.6 is 0 Å². The highest BCUT2D eigenvalue weighted by Gasteiger charge is 2.22. The lowest BCUT2D eigenvalue weighted by atomic mass is 10.1. The molecule has 7 nitrogen and oxygen atoms in total. The van der Waals surface area contributed by atoms with Crippen molar-refractivity contribution in [2.75, 3.05) is 0 Å². The molecule has 1 aromatic heterocycles. The molecule has 0 spiro atoms. The van der Waals surface area contributed by atoms with Gasteiger partial charge in [-0.15, -0.1) is 0 Å². The molecule has 0 saturated carbocycles. The summed E-state index contributed by atoms with van der Waals surface area (Å²) in [5.41, 5.74) is 6.31. The van der Waals surface area contributed by atoms with Crippen LogP contribution in [0.15, 0.2) is 18.3 Å². The van der Waals surface area contributed by atoms with Crippen LogP contribution in [0.2, 0.25) is 0 Å². The Morgan fingerprint density at radius 2 is 2.16 bits per heavy atom. The van der Waals surface area contributed by atoms with E-state index in [1.807, 2.05) is 0 Å². The minimum Gasteiger partial charge on any atom is -0.480 e. The molecule has 0 aliphatic carbocycles. The number of aryl methyl sites for hydroxylation is 1. The number of amides is 2. The molecule has 1 heterocycles. The lowest BCUT2D eigenvalue weighted by Crippen LogP contribution is -2.44. The number of aliphatic carboxylic acids is 1. The second kappa shape index (κ2) is 6.48. The van der Waals surface area contributed by atoms with E-state index in [4.69, 9.17) is 10.8 Å². The molecule has 1 atom stereocenters. The third-order valence-corrected chi connectivity index (χ3v) is 2.48. The van der Waals surface area contributed by atoms with E-state index in [-0.39, 0.29) is 6.42 Å². The fourth-order valence-electron chi connectivity index (χ4n) is 1.50. The summed E-state index contributed by atoms with van der Waals surface area (Å²) in [4.78, 5) is 37.3. The molecule has 0 bridgehead atoms. The molecule has 0 aromatic carbocycles. The van der Waals surface area contributed by atoms with E-state index in [2.05, 4.69) is 10.3 Å². The van der Waals surface area contributed by atoms with Gasteiger partial charge in [-0.05, 0) is 18.6 Å². The molecule has 1 rings (SSSR count). The van der Waals surface area contributed by atoms with Crippen LogP contribution in [-0.4, -0.2) is 33.9 Å². The van der Waals surface area contributed by atoms with Crippen LogP contribution < -0.4 is 11.1 Å². The van der Waals surface area contributed by atoms with Gasteiger partial charge in [0, 0.05) is 6.20 Å². The van der Waals surface area contributed by atoms with Gasteiger partial charge in [0.05, 0.1) is 18.5 Å². The molecule has 0 radical (unpaired) electrons. The molecule has 19 heavy (non-hydrogen) atoms. The molecule has 7 heteroatoms. The first kappa shape index (κ1) is 14.6. The molecular weight excluding hydrogens is 250 g/mol. The number of nitrogens with zero attached hydrogens (tertiary/aromatic N) is 1. The average molecular weight is 265 g/mol. The highest BCUT2D eigenvalue weighted by Crippen LogP contribution is 2.04.